The van der Waals surface area contributed by atoms with Gasteiger partial charge in [0.25, 0.3) is 0 Å². The number of hydrogen-bond acceptors (Lipinski definition) is 6. The van der Waals surface area contributed by atoms with Gasteiger partial charge in [0.05, 0.1) is 40.4 Å². The van der Waals surface area contributed by atoms with Crippen LogP contribution >= 0.6 is 0 Å². The number of ether oxygens (including phenoxy) is 2. The van der Waals surface area contributed by atoms with Crippen LogP contribution in [0, 0.1) is 0 Å². The normalized spacial score (nSPS) is 23.1. The van der Waals surface area contributed by atoms with Crippen molar-refractivity contribution in [1.82, 2.24) is 19.6 Å². The fourth-order valence-electron chi connectivity index (χ4n) is 8.02. The monoisotopic (exact) mass is 590 g/mol. The maximum absolute atomic E-state index is 15.2. The first-order valence-electron chi connectivity index (χ1n) is 14.4. The Kier molecular flexibility index (Phi) is 5.41. The van der Waals surface area contributed by atoms with Gasteiger partial charge in [-0.2, -0.15) is 0 Å². The number of urea groups is 2. The molecular formula is C34H30N4O6. The van der Waals surface area contributed by atoms with Gasteiger partial charge in [-0.15, -0.1) is 0 Å². The maximum Gasteiger partial charge on any atom is 0.325 e. The third kappa shape index (κ3) is 2.94. The van der Waals surface area contributed by atoms with Gasteiger partial charge in [-0.3, -0.25) is 19.6 Å². The van der Waals surface area contributed by atoms with Crippen LogP contribution in [-0.2, 0) is 37.5 Å². The summed E-state index contributed by atoms with van der Waals surface area (Å²) >= 11 is 0. The molecule has 0 spiro atoms. The molecule has 4 heterocycles. The average Bonchev–Trinajstić information content (AvgIpc) is 3.22. The Morgan fingerprint density at radius 3 is 1.20 bits per heavy atom. The van der Waals surface area contributed by atoms with E-state index in [-0.39, 0.29) is 49.7 Å². The highest BCUT2D eigenvalue weighted by atomic mass is 16.5. The number of hydrogen-bond donors (Lipinski definition) is 2. The molecule has 0 saturated carbocycles. The molecule has 0 aliphatic carbocycles. The molecular weight excluding hydrogens is 560 g/mol. The van der Waals surface area contributed by atoms with Crippen LogP contribution in [0.4, 0.5) is 9.59 Å². The van der Waals surface area contributed by atoms with Crippen molar-refractivity contribution in [2.45, 2.75) is 37.5 Å². The number of methoxy groups -OCH3 is 2. The number of phenolic OH excluding ortho intramolecular Hbond substituents is 2. The zero-order valence-electron chi connectivity index (χ0n) is 24.2. The highest BCUT2D eigenvalue weighted by Crippen LogP contribution is 2.66. The van der Waals surface area contributed by atoms with Gasteiger partial charge in [0.1, 0.15) is 23.0 Å². The quantitative estimate of drug-likeness (QED) is 0.323. The number of rotatable bonds is 4. The van der Waals surface area contributed by atoms with Gasteiger partial charge >= 0.3 is 12.1 Å². The van der Waals surface area contributed by atoms with Gasteiger partial charge in [-0.1, -0.05) is 60.7 Å². The van der Waals surface area contributed by atoms with E-state index in [4.69, 9.17) is 9.47 Å². The lowest BCUT2D eigenvalue weighted by atomic mass is 9.79. The second-order valence-corrected chi connectivity index (χ2v) is 11.5. The first-order valence-corrected chi connectivity index (χ1v) is 14.4. The molecule has 0 bridgehead atoms. The van der Waals surface area contributed by atoms with E-state index in [0.717, 1.165) is 22.3 Å². The molecule has 4 amide bonds. The minimum absolute atomic E-state index is 0.0336. The van der Waals surface area contributed by atoms with E-state index < -0.39 is 11.3 Å². The van der Waals surface area contributed by atoms with Gasteiger partial charge in [0.2, 0.25) is 0 Å². The molecule has 4 aliphatic rings. The van der Waals surface area contributed by atoms with Crippen molar-refractivity contribution in [3.63, 3.8) is 0 Å². The predicted molar refractivity (Wildman–Crippen MR) is 159 cm³/mol. The van der Waals surface area contributed by atoms with E-state index in [2.05, 4.69) is 0 Å². The Labute approximate surface area is 253 Å². The Morgan fingerprint density at radius 2 is 0.864 bits per heavy atom. The average molecular weight is 591 g/mol. The number of benzene rings is 4. The van der Waals surface area contributed by atoms with Crippen LogP contribution in [0.3, 0.4) is 0 Å². The van der Waals surface area contributed by atoms with Gasteiger partial charge in [0.15, 0.2) is 11.3 Å². The fraction of sp³-hybridized carbons (Fsp3) is 0.235. The van der Waals surface area contributed by atoms with Crippen LogP contribution in [0.5, 0.6) is 23.0 Å². The topological polar surface area (TPSA) is 106 Å². The first kappa shape index (κ1) is 26.3. The number of nitrogens with zero attached hydrogens (tertiary/aromatic N) is 4. The molecule has 8 rings (SSSR count). The number of amides is 4. The molecule has 10 nitrogen and oxygen atoms in total. The van der Waals surface area contributed by atoms with Gasteiger partial charge < -0.3 is 19.7 Å². The van der Waals surface area contributed by atoms with E-state index in [1.54, 1.807) is 33.8 Å². The van der Waals surface area contributed by atoms with Crippen molar-refractivity contribution >= 4 is 12.1 Å². The van der Waals surface area contributed by atoms with Crippen molar-refractivity contribution in [3.8, 4) is 23.0 Å². The summed E-state index contributed by atoms with van der Waals surface area (Å²) in [6.45, 7) is 0.193. The highest BCUT2D eigenvalue weighted by Gasteiger charge is 2.80. The van der Waals surface area contributed by atoms with Crippen LogP contribution in [0.2, 0.25) is 0 Å². The lowest BCUT2D eigenvalue weighted by Gasteiger charge is -2.49. The van der Waals surface area contributed by atoms with Gasteiger partial charge in [-0.05, 0) is 24.3 Å². The summed E-state index contributed by atoms with van der Waals surface area (Å²) in [4.78, 5) is 37.2. The number of aromatic hydroxyl groups is 2. The van der Waals surface area contributed by atoms with Crippen molar-refractivity contribution in [2.75, 3.05) is 14.2 Å². The molecule has 222 valence electrons. The minimum Gasteiger partial charge on any atom is -0.508 e. The van der Waals surface area contributed by atoms with Gasteiger partial charge in [-0.25, -0.2) is 9.59 Å². The summed E-state index contributed by atoms with van der Waals surface area (Å²) in [6, 6.07) is 25.1. The molecule has 2 N–H and O–H groups in total. The van der Waals surface area contributed by atoms with E-state index in [0.29, 0.717) is 22.6 Å². The third-order valence-corrected chi connectivity index (χ3v) is 9.76. The van der Waals surface area contributed by atoms with E-state index in [1.165, 1.54) is 12.1 Å². The molecule has 0 aromatic heterocycles. The predicted octanol–water partition coefficient (Wildman–Crippen LogP) is 5.02. The summed E-state index contributed by atoms with van der Waals surface area (Å²) < 4.78 is 11.6. The lowest BCUT2D eigenvalue weighted by Crippen LogP contribution is -2.62. The van der Waals surface area contributed by atoms with Crippen LogP contribution < -0.4 is 9.47 Å². The molecule has 4 aromatic carbocycles. The largest absolute Gasteiger partial charge is 0.508 e. The Balaban J connectivity index is 1.53. The highest BCUT2D eigenvalue weighted by molar-refractivity contribution is 5.91. The van der Waals surface area contributed by atoms with E-state index in [1.807, 2.05) is 72.8 Å². The summed E-state index contributed by atoms with van der Waals surface area (Å²) in [7, 11) is 3.18. The van der Waals surface area contributed by atoms with Crippen LogP contribution in [0.1, 0.15) is 33.4 Å². The van der Waals surface area contributed by atoms with Crippen LogP contribution in [-0.4, -0.2) is 56.1 Å². The molecule has 2 fully saturated rings. The van der Waals surface area contributed by atoms with Crippen molar-refractivity contribution in [2.24, 2.45) is 0 Å². The number of carbonyl (C=O) groups is 2. The van der Waals surface area contributed by atoms with Crippen molar-refractivity contribution < 1.29 is 29.3 Å². The Morgan fingerprint density at radius 1 is 0.523 bits per heavy atom. The summed E-state index contributed by atoms with van der Waals surface area (Å²) in [5, 5.41) is 22.1. The summed E-state index contributed by atoms with van der Waals surface area (Å²) in [5.41, 5.74) is 1.03. The number of fused-ring (bicyclic) bond motifs is 2. The molecule has 2 saturated heterocycles. The van der Waals surface area contributed by atoms with Crippen molar-refractivity contribution in [1.29, 1.82) is 0 Å². The number of phenols is 2. The second-order valence-electron chi connectivity index (χ2n) is 11.5. The summed E-state index contributed by atoms with van der Waals surface area (Å²) in [5.74, 6) is 1.08. The van der Waals surface area contributed by atoms with Gasteiger partial charge in [0, 0.05) is 33.4 Å². The molecule has 0 radical (unpaired) electrons. The van der Waals surface area contributed by atoms with Crippen LogP contribution in [0.15, 0.2) is 84.9 Å². The summed E-state index contributed by atoms with van der Waals surface area (Å²) in [6.07, 6.45) is 0. The minimum atomic E-state index is -1.40. The standard InChI is InChI=1S/C34H30N4O6/c1-43-29-15-16-30(44-2)26-20-38-32(42)36-18-24-23(27(39)13-14-28(24)40)17-35-31(41)37(19-25(26)29)34(38,22-11-7-4-8-12-22)33(35,36)21-9-5-3-6-10-21/h3-16,39-40H,17-20H2,1-2H3. The second kappa shape index (κ2) is 9.06. The zero-order chi connectivity index (χ0) is 30.4. The smallest absolute Gasteiger partial charge is 0.325 e. The third-order valence-electron chi connectivity index (χ3n) is 9.76. The van der Waals surface area contributed by atoms with Crippen molar-refractivity contribution in [3.05, 3.63) is 118 Å². The first-order chi connectivity index (χ1) is 21.4. The van der Waals surface area contributed by atoms with Crippen LogP contribution in [0.25, 0.3) is 0 Å². The maximum atomic E-state index is 15.2. The molecule has 0 unspecified atom stereocenters. The SMILES string of the molecule is COc1ccc(OC)c2c1CN1C(=O)N3Cc4c(O)ccc(O)c4CN4C(=O)N(C2)C1(c1ccccc1)C34c1ccccc1. The molecule has 44 heavy (non-hydrogen) atoms. The van der Waals surface area contributed by atoms with E-state index in [9.17, 15) is 10.2 Å². The fourth-order valence-corrected chi connectivity index (χ4v) is 8.02. The number of carbonyl (C=O) groups excluding carboxylic acids is 2. The Bertz CT molecular complexity index is 1760. The Hall–Kier alpha value is -5.38. The molecule has 4 aromatic rings. The lowest BCUT2D eigenvalue weighted by molar-refractivity contribution is -0.0795. The molecule has 0 atom stereocenters. The molecule has 10 heteroatoms. The molecule has 4 aliphatic heterocycles. The van der Waals surface area contributed by atoms with E-state index >= 15 is 9.59 Å². The zero-order valence-corrected chi connectivity index (χ0v) is 24.2.